The van der Waals surface area contributed by atoms with Crippen molar-refractivity contribution in [3.05, 3.63) is 42.0 Å². The smallest absolute Gasteiger partial charge is 0.408 e. The number of hydrogen-bond donors (Lipinski definition) is 2. The van der Waals surface area contributed by atoms with Crippen molar-refractivity contribution in [2.45, 2.75) is 46.3 Å². The van der Waals surface area contributed by atoms with Gasteiger partial charge in [0.2, 0.25) is 5.91 Å². The Bertz CT molecular complexity index is 594. The summed E-state index contributed by atoms with van der Waals surface area (Å²) in [5.41, 5.74) is 2.37. The molecule has 1 atom stereocenters. The van der Waals surface area contributed by atoms with Crippen LogP contribution in [0.4, 0.5) is 4.79 Å². The van der Waals surface area contributed by atoms with Gasteiger partial charge in [0.25, 0.3) is 0 Å². The maximum Gasteiger partial charge on any atom is 0.408 e. The molecule has 0 spiro atoms. The highest BCUT2D eigenvalue weighted by atomic mass is 16.6. The number of ether oxygens (including phenoxy) is 1. The van der Waals surface area contributed by atoms with Crippen LogP contribution in [0.3, 0.4) is 0 Å². The maximum atomic E-state index is 12.0. The van der Waals surface area contributed by atoms with Crippen molar-refractivity contribution < 1.29 is 14.3 Å². The molecule has 0 fully saturated rings. The molecule has 2 N–H and O–H groups in total. The van der Waals surface area contributed by atoms with Crippen molar-refractivity contribution in [1.82, 2.24) is 10.6 Å². The number of hydrogen-bond acceptors (Lipinski definition) is 3. The van der Waals surface area contributed by atoms with Crippen molar-refractivity contribution in [2.75, 3.05) is 6.54 Å². The highest BCUT2D eigenvalue weighted by Gasteiger charge is 2.24. The summed E-state index contributed by atoms with van der Waals surface area (Å²) in [5, 5.41) is 5.47. The van der Waals surface area contributed by atoms with Gasteiger partial charge < -0.3 is 15.4 Å². The maximum absolute atomic E-state index is 12.0. The van der Waals surface area contributed by atoms with Crippen LogP contribution in [0.5, 0.6) is 0 Å². The molecule has 1 unspecified atom stereocenters. The van der Waals surface area contributed by atoms with E-state index in [1.54, 1.807) is 6.92 Å². The van der Waals surface area contributed by atoms with Gasteiger partial charge in [0.15, 0.2) is 0 Å². The fraction of sp³-hybridized carbons (Fsp3) is 0.444. The molecule has 1 aromatic rings. The number of benzene rings is 1. The quantitative estimate of drug-likeness (QED) is 0.846. The van der Waals surface area contributed by atoms with Crippen LogP contribution >= 0.6 is 0 Å². The molecule has 5 nitrogen and oxygen atoms in total. The zero-order chi connectivity index (χ0) is 17.6. The molecule has 0 aromatic heterocycles. The van der Waals surface area contributed by atoms with E-state index in [2.05, 4.69) is 17.2 Å². The number of rotatable bonds is 6. The van der Waals surface area contributed by atoms with Gasteiger partial charge in [0.05, 0.1) is 12.1 Å². The Morgan fingerprint density at radius 3 is 2.52 bits per heavy atom. The third-order valence-corrected chi connectivity index (χ3v) is 3.44. The van der Waals surface area contributed by atoms with Crippen LogP contribution in [0.25, 0.3) is 5.57 Å². The fourth-order valence-corrected chi connectivity index (χ4v) is 2.04. The average Bonchev–Trinajstić information content (AvgIpc) is 2.44. The van der Waals surface area contributed by atoms with Crippen molar-refractivity contribution in [3.8, 4) is 0 Å². The van der Waals surface area contributed by atoms with E-state index in [1.807, 2.05) is 45.0 Å². The molecule has 23 heavy (non-hydrogen) atoms. The van der Waals surface area contributed by atoms with E-state index in [9.17, 15) is 9.59 Å². The minimum absolute atomic E-state index is 0.155. The van der Waals surface area contributed by atoms with Crippen molar-refractivity contribution in [2.24, 2.45) is 0 Å². The second-order valence-electron chi connectivity index (χ2n) is 6.26. The molecule has 0 saturated carbocycles. The minimum Gasteiger partial charge on any atom is -0.445 e. The molecule has 2 amide bonds. The van der Waals surface area contributed by atoms with Gasteiger partial charge in [-0.25, -0.2) is 4.79 Å². The Morgan fingerprint density at radius 2 is 1.96 bits per heavy atom. The molecule has 0 radical (unpaired) electrons. The summed E-state index contributed by atoms with van der Waals surface area (Å²) < 4.78 is 5.25. The van der Waals surface area contributed by atoms with E-state index in [0.717, 1.165) is 16.7 Å². The second kappa shape index (κ2) is 7.81. The highest BCUT2D eigenvalue weighted by Crippen LogP contribution is 2.23. The number of carbonyl (C=O) groups excluding carboxylic acids is 2. The topological polar surface area (TPSA) is 67.4 Å². The SMILES string of the molecule is C=C(C)c1cccc(C(C)(C)NC(=O)OC(C)CNC(C)=O)c1. The van der Waals surface area contributed by atoms with E-state index in [1.165, 1.54) is 6.92 Å². The zero-order valence-electron chi connectivity index (χ0n) is 14.5. The summed E-state index contributed by atoms with van der Waals surface area (Å²) in [6, 6.07) is 7.88. The number of nitrogens with one attached hydrogen (secondary N) is 2. The molecule has 0 heterocycles. The van der Waals surface area contributed by atoms with Crippen LogP contribution in [-0.4, -0.2) is 24.6 Å². The third kappa shape index (κ3) is 6.14. The Labute approximate surface area is 138 Å². The third-order valence-electron chi connectivity index (χ3n) is 3.44. The number of carbonyl (C=O) groups is 2. The average molecular weight is 318 g/mol. The zero-order valence-corrected chi connectivity index (χ0v) is 14.5. The van der Waals surface area contributed by atoms with Gasteiger partial charge in [-0.05, 0) is 44.9 Å². The van der Waals surface area contributed by atoms with Crippen LogP contribution < -0.4 is 10.6 Å². The van der Waals surface area contributed by atoms with Gasteiger partial charge in [-0.3, -0.25) is 4.79 Å². The monoisotopic (exact) mass is 318 g/mol. The first-order valence-electron chi connectivity index (χ1n) is 7.61. The van der Waals surface area contributed by atoms with Gasteiger partial charge >= 0.3 is 6.09 Å². The first kappa shape index (κ1) is 18.7. The van der Waals surface area contributed by atoms with Crippen LogP contribution in [0, 0.1) is 0 Å². The molecular formula is C18H26N2O3. The summed E-state index contributed by atoms with van der Waals surface area (Å²) in [7, 11) is 0. The lowest BCUT2D eigenvalue weighted by Gasteiger charge is -2.28. The predicted molar refractivity (Wildman–Crippen MR) is 91.9 cm³/mol. The normalized spacial score (nSPS) is 12.2. The number of amides is 2. The van der Waals surface area contributed by atoms with Gasteiger partial charge in [-0.2, -0.15) is 0 Å². The molecular weight excluding hydrogens is 292 g/mol. The largest absolute Gasteiger partial charge is 0.445 e. The lowest BCUT2D eigenvalue weighted by molar-refractivity contribution is -0.119. The van der Waals surface area contributed by atoms with E-state index in [0.29, 0.717) is 0 Å². The lowest BCUT2D eigenvalue weighted by atomic mass is 9.92. The molecule has 1 aromatic carbocycles. The highest BCUT2D eigenvalue weighted by molar-refractivity contribution is 5.73. The summed E-state index contributed by atoms with van der Waals surface area (Å²) >= 11 is 0. The van der Waals surface area contributed by atoms with Crippen LogP contribution in [0.2, 0.25) is 0 Å². The second-order valence-corrected chi connectivity index (χ2v) is 6.26. The fourth-order valence-electron chi connectivity index (χ4n) is 2.04. The summed E-state index contributed by atoms with van der Waals surface area (Å²) in [5.74, 6) is -0.155. The standard InChI is InChI=1S/C18H26N2O3/c1-12(2)15-8-7-9-16(10-15)18(5,6)20-17(22)23-13(3)11-19-14(4)21/h7-10,13H,1,11H2,2-6H3,(H,19,21)(H,20,22). The van der Waals surface area contributed by atoms with Gasteiger partial charge in [-0.15, -0.1) is 0 Å². The van der Waals surface area contributed by atoms with E-state index < -0.39 is 17.7 Å². The van der Waals surface area contributed by atoms with E-state index >= 15 is 0 Å². The Hall–Kier alpha value is -2.30. The Balaban J connectivity index is 2.70. The summed E-state index contributed by atoms with van der Waals surface area (Å²) in [6.07, 6.45) is -0.926. The van der Waals surface area contributed by atoms with Gasteiger partial charge in [-0.1, -0.05) is 30.4 Å². The minimum atomic E-state index is -0.587. The first-order chi connectivity index (χ1) is 10.6. The molecule has 0 bridgehead atoms. The number of alkyl carbamates (subject to hydrolysis) is 1. The van der Waals surface area contributed by atoms with Crippen LogP contribution in [0.1, 0.15) is 45.7 Å². The summed E-state index contributed by atoms with van der Waals surface area (Å²) in [4.78, 5) is 22.9. The van der Waals surface area contributed by atoms with Crippen molar-refractivity contribution >= 4 is 17.6 Å². The Morgan fingerprint density at radius 1 is 1.30 bits per heavy atom. The molecule has 5 heteroatoms. The van der Waals surface area contributed by atoms with Crippen molar-refractivity contribution in [3.63, 3.8) is 0 Å². The molecule has 0 aliphatic heterocycles. The molecule has 0 saturated heterocycles. The molecule has 1 rings (SSSR count). The number of allylic oxidation sites excluding steroid dienone is 1. The van der Waals surface area contributed by atoms with Crippen LogP contribution in [-0.2, 0) is 15.1 Å². The predicted octanol–water partition coefficient (Wildman–Crippen LogP) is 3.21. The molecule has 126 valence electrons. The van der Waals surface area contributed by atoms with E-state index in [4.69, 9.17) is 4.74 Å². The lowest BCUT2D eigenvalue weighted by Crippen LogP contribution is -2.43. The molecule has 0 aliphatic carbocycles. The Kier molecular flexibility index (Phi) is 6.37. The van der Waals surface area contributed by atoms with E-state index in [-0.39, 0.29) is 12.5 Å². The molecule has 0 aliphatic rings. The first-order valence-corrected chi connectivity index (χ1v) is 7.61. The van der Waals surface area contributed by atoms with Gasteiger partial charge in [0, 0.05) is 6.92 Å². The van der Waals surface area contributed by atoms with Gasteiger partial charge in [0.1, 0.15) is 6.10 Å². The van der Waals surface area contributed by atoms with Crippen LogP contribution in [0.15, 0.2) is 30.8 Å². The van der Waals surface area contributed by atoms with Crippen molar-refractivity contribution in [1.29, 1.82) is 0 Å². The summed E-state index contributed by atoms with van der Waals surface area (Å²) in [6.45, 7) is 13.1.